The van der Waals surface area contributed by atoms with Crippen molar-refractivity contribution in [1.82, 2.24) is 20.9 Å². The number of aliphatic hydroxyl groups excluding tert-OH is 2. The van der Waals surface area contributed by atoms with E-state index in [1.165, 1.54) is 11.1 Å². The highest BCUT2D eigenvalue weighted by Gasteiger charge is 2.40. The van der Waals surface area contributed by atoms with Gasteiger partial charge < -0.3 is 41.4 Å². The van der Waals surface area contributed by atoms with Gasteiger partial charge in [-0.15, -0.1) is 0 Å². The lowest BCUT2D eigenvalue weighted by Gasteiger charge is -2.31. The topological polar surface area (TPSA) is 175 Å². The first-order valence-corrected chi connectivity index (χ1v) is 10.2. The molecule has 0 aromatic heterocycles. The Morgan fingerprint density at radius 1 is 1.41 bits per heavy atom. The second-order valence-corrected chi connectivity index (χ2v) is 8.29. The molecular formula is C20H31N5O7. The molecule has 0 spiro atoms. The number of ether oxygens (including phenoxy) is 2. The van der Waals surface area contributed by atoms with E-state index in [4.69, 9.17) is 15.2 Å². The van der Waals surface area contributed by atoms with Gasteiger partial charge in [-0.3, -0.25) is 9.69 Å². The molecule has 0 aliphatic carbocycles. The molecule has 178 valence electrons. The molecule has 2 rings (SSSR count). The van der Waals surface area contributed by atoms with Gasteiger partial charge in [0.15, 0.2) is 0 Å². The maximum Gasteiger partial charge on any atom is 0.407 e. The number of rotatable bonds is 6. The van der Waals surface area contributed by atoms with Gasteiger partial charge in [0.2, 0.25) is 5.91 Å². The van der Waals surface area contributed by atoms with Crippen molar-refractivity contribution in [2.45, 2.75) is 63.8 Å². The molecular weight excluding hydrogens is 422 g/mol. The van der Waals surface area contributed by atoms with Crippen LogP contribution in [0.4, 0.5) is 9.59 Å². The minimum absolute atomic E-state index is 0.0362. The van der Waals surface area contributed by atoms with Crippen LogP contribution in [0.25, 0.3) is 0 Å². The summed E-state index contributed by atoms with van der Waals surface area (Å²) in [4.78, 5) is 36.8. The van der Waals surface area contributed by atoms with Gasteiger partial charge in [0.1, 0.15) is 24.1 Å². The summed E-state index contributed by atoms with van der Waals surface area (Å²) in [6.07, 6.45) is -2.23. The third-order valence-electron chi connectivity index (χ3n) is 4.45. The van der Waals surface area contributed by atoms with Crippen LogP contribution >= 0.6 is 0 Å². The summed E-state index contributed by atoms with van der Waals surface area (Å²) in [5.41, 5.74) is 5.66. The number of urea groups is 1. The zero-order chi connectivity index (χ0) is 23.9. The van der Waals surface area contributed by atoms with Gasteiger partial charge in [-0.2, -0.15) is 0 Å². The SMILES string of the molecule is CC(C)(C)OC(=O)NCCC(=O)NCC#CC1=CN(C2CC(O)C(CO)O2)C(=O)NC1N. The Balaban J connectivity index is 1.82. The van der Waals surface area contributed by atoms with E-state index in [0.717, 1.165) is 0 Å². The van der Waals surface area contributed by atoms with Crippen LogP contribution in [0, 0.1) is 11.8 Å². The molecule has 4 atom stereocenters. The molecule has 2 aliphatic rings. The van der Waals surface area contributed by atoms with E-state index in [-0.39, 0.29) is 38.4 Å². The maximum atomic E-state index is 12.2. The van der Waals surface area contributed by atoms with Gasteiger partial charge in [-0.05, 0) is 20.8 Å². The number of alkyl carbamates (subject to hydrolysis) is 1. The molecule has 0 aromatic carbocycles. The molecule has 2 heterocycles. The Morgan fingerprint density at radius 3 is 2.75 bits per heavy atom. The summed E-state index contributed by atoms with van der Waals surface area (Å²) in [5.74, 6) is 5.24. The first kappa shape index (κ1) is 25.4. The molecule has 4 amide bonds. The van der Waals surface area contributed by atoms with Crippen molar-refractivity contribution in [3.05, 3.63) is 11.8 Å². The molecule has 12 heteroatoms. The number of carbonyl (C=O) groups excluding carboxylic acids is 3. The Morgan fingerprint density at radius 2 is 2.12 bits per heavy atom. The highest BCUT2D eigenvalue weighted by Crippen LogP contribution is 2.25. The third kappa shape index (κ3) is 7.69. The zero-order valence-electron chi connectivity index (χ0n) is 18.4. The van der Waals surface area contributed by atoms with Gasteiger partial charge in [-0.25, -0.2) is 9.59 Å². The smallest absolute Gasteiger partial charge is 0.407 e. The van der Waals surface area contributed by atoms with Crippen LogP contribution in [0.2, 0.25) is 0 Å². The molecule has 32 heavy (non-hydrogen) atoms. The predicted octanol–water partition coefficient (Wildman–Crippen LogP) is -1.32. The van der Waals surface area contributed by atoms with Crippen LogP contribution in [0.15, 0.2) is 11.8 Å². The molecule has 7 N–H and O–H groups in total. The molecule has 12 nitrogen and oxygen atoms in total. The van der Waals surface area contributed by atoms with Crippen molar-refractivity contribution in [3.63, 3.8) is 0 Å². The van der Waals surface area contributed by atoms with E-state index in [1.807, 2.05) is 0 Å². The zero-order valence-corrected chi connectivity index (χ0v) is 18.4. The molecule has 1 saturated heterocycles. The summed E-state index contributed by atoms with van der Waals surface area (Å²) in [5, 5.41) is 26.7. The quantitative estimate of drug-likeness (QED) is 0.268. The molecule has 0 radical (unpaired) electrons. The highest BCUT2D eigenvalue weighted by molar-refractivity contribution is 5.79. The van der Waals surface area contributed by atoms with Crippen molar-refractivity contribution in [2.24, 2.45) is 5.73 Å². The van der Waals surface area contributed by atoms with E-state index in [1.54, 1.807) is 20.8 Å². The van der Waals surface area contributed by atoms with Gasteiger partial charge in [0.25, 0.3) is 0 Å². The number of aliphatic hydroxyl groups is 2. The van der Waals surface area contributed by atoms with Crippen molar-refractivity contribution < 1.29 is 34.1 Å². The second-order valence-electron chi connectivity index (χ2n) is 8.29. The minimum atomic E-state index is -0.892. The van der Waals surface area contributed by atoms with Crippen LogP contribution < -0.4 is 21.7 Å². The van der Waals surface area contributed by atoms with Crippen molar-refractivity contribution >= 4 is 18.0 Å². The van der Waals surface area contributed by atoms with E-state index in [2.05, 4.69) is 27.8 Å². The Kier molecular flexibility index (Phi) is 8.85. The number of hydrogen-bond donors (Lipinski definition) is 6. The standard InChI is InChI=1S/C20H31N5O7/c1-20(2,3)32-19(30)23-8-6-15(28)22-7-4-5-12-10-25(18(29)24-17(12)21)16-9-13(27)14(11-26)31-16/h10,13-14,16-17,26-27H,6-9,11,21H2,1-3H3,(H,22,28)(H,23,30)(H,24,29). The summed E-state index contributed by atoms with van der Waals surface area (Å²) in [6, 6.07) is -0.510. The summed E-state index contributed by atoms with van der Waals surface area (Å²) < 4.78 is 10.6. The van der Waals surface area contributed by atoms with E-state index < -0.39 is 42.3 Å². The van der Waals surface area contributed by atoms with Crippen molar-refractivity contribution in [3.8, 4) is 11.8 Å². The van der Waals surface area contributed by atoms with Crippen LogP contribution in [0.1, 0.15) is 33.6 Å². The Bertz CT molecular complexity index is 798. The number of nitrogens with zero attached hydrogens (tertiary/aromatic N) is 1. The van der Waals surface area contributed by atoms with Crippen molar-refractivity contribution in [1.29, 1.82) is 0 Å². The number of carbonyl (C=O) groups is 3. The fourth-order valence-corrected chi connectivity index (χ4v) is 2.92. The number of nitrogens with two attached hydrogens (primary N) is 1. The maximum absolute atomic E-state index is 12.2. The average molecular weight is 453 g/mol. The van der Waals surface area contributed by atoms with Crippen molar-refractivity contribution in [2.75, 3.05) is 19.7 Å². The van der Waals surface area contributed by atoms with E-state index >= 15 is 0 Å². The first-order valence-electron chi connectivity index (χ1n) is 10.2. The fourth-order valence-electron chi connectivity index (χ4n) is 2.92. The lowest BCUT2D eigenvalue weighted by molar-refractivity contribution is -0.120. The molecule has 0 saturated carbocycles. The highest BCUT2D eigenvalue weighted by atomic mass is 16.6. The first-order chi connectivity index (χ1) is 15.0. The van der Waals surface area contributed by atoms with Crippen LogP contribution in [-0.2, 0) is 14.3 Å². The normalized spacial score (nSPS) is 25.2. The molecule has 4 unspecified atom stereocenters. The monoisotopic (exact) mass is 453 g/mol. The molecule has 2 aliphatic heterocycles. The van der Waals surface area contributed by atoms with Gasteiger partial charge >= 0.3 is 12.1 Å². The third-order valence-corrected chi connectivity index (χ3v) is 4.45. The van der Waals surface area contributed by atoms with Gasteiger partial charge in [0.05, 0.1) is 24.8 Å². The average Bonchev–Trinajstić information content (AvgIpc) is 3.05. The summed E-state index contributed by atoms with van der Waals surface area (Å²) >= 11 is 0. The Labute approximate surface area is 186 Å². The largest absolute Gasteiger partial charge is 0.444 e. The number of hydrogen-bond acceptors (Lipinski definition) is 8. The van der Waals surface area contributed by atoms with Crippen LogP contribution in [0.3, 0.4) is 0 Å². The lowest BCUT2D eigenvalue weighted by atomic mass is 10.1. The van der Waals surface area contributed by atoms with Gasteiger partial charge in [0, 0.05) is 25.6 Å². The second kappa shape index (κ2) is 11.1. The minimum Gasteiger partial charge on any atom is -0.444 e. The van der Waals surface area contributed by atoms with E-state index in [9.17, 15) is 24.6 Å². The molecule has 1 fully saturated rings. The molecule has 0 bridgehead atoms. The predicted molar refractivity (Wildman–Crippen MR) is 112 cm³/mol. The molecule has 0 aromatic rings. The summed E-state index contributed by atoms with van der Waals surface area (Å²) in [6.45, 7) is 5.02. The van der Waals surface area contributed by atoms with Crippen LogP contribution in [0.5, 0.6) is 0 Å². The number of amides is 4. The summed E-state index contributed by atoms with van der Waals surface area (Å²) in [7, 11) is 0. The van der Waals surface area contributed by atoms with Crippen LogP contribution in [-0.4, -0.2) is 83.0 Å². The van der Waals surface area contributed by atoms with E-state index in [0.29, 0.717) is 5.57 Å². The lowest BCUT2D eigenvalue weighted by Crippen LogP contribution is -2.54. The fraction of sp³-hybridized carbons (Fsp3) is 0.650. The number of nitrogens with one attached hydrogen (secondary N) is 3. The van der Waals surface area contributed by atoms with Gasteiger partial charge in [-0.1, -0.05) is 11.8 Å². The Hall–Kier alpha value is -2.85.